The van der Waals surface area contributed by atoms with Crippen LogP contribution < -0.4 is 5.32 Å². The number of alkyl halides is 3. The second-order valence-corrected chi connectivity index (χ2v) is 5.22. The van der Waals surface area contributed by atoms with Crippen LogP contribution >= 0.6 is 0 Å². The fourth-order valence-electron chi connectivity index (χ4n) is 1.24. The van der Waals surface area contributed by atoms with E-state index in [0.29, 0.717) is 0 Å². The van der Waals surface area contributed by atoms with E-state index < -0.39 is 12.8 Å². The Morgan fingerprint density at radius 3 is 2.12 bits per heavy atom. The van der Waals surface area contributed by atoms with Gasteiger partial charge in [0.25, 0.3) is 0 Å². The first kappa shape index (κ1) is 15.7. The third-order valence-corrected chi connectivity index (χ3v) is 2.24. The van der Waals surface area contributed by atoms with Crippen molar-refractivity contribution in [2.45, 2.75) is 45.8 Å². The van der Waals surface area contributed by atoms with E-state index in [0.717, 1.165) is 12.8 Å². The van der Waals surface area contributed by atoms with Crippen LogP contribution in [0.4, 0.5) is 13.2 Å². The number of hydrogen-bond donors (Lipinski definition) is 1. The van der Waals surface area contributed by atoms with E-state index >= 15 is 0 Å². The lowest BCUT2D eigenvalue weighted by Crippen LogP contribution is -2.33. The van der Waals surface area contributed by atoms with Crippen molar-refractivity contribution in [3.8, 4) is 0 Å². The Labute approximate surface area is 95.5 Å². The molecule has 0 aliphatic rings. The van der Waals surface area contributed by atoms with Crippen molar-refractivity contribution in [1.29, 1.82) is 0 Å². The minimum Gasteiger partial charge on any atom is -0.370 e. The number of rotatable bonds is 6. The quantitative estimate of drug-likeness (QED) is 0.772. The van der Waals surface area contributed by atoms with Crippen LogP contribution in [-0.4, -0.2) is 32.5 Å². The molecule has 16 heavy (non-hydrogen) atoms. The molecule has 98 valence electrons. The summed E-state index contributed by atoms with van der Waals surface area (Å²) in [6.45, 7) is 5.26. The molecule has 0 heterocycles. The van der Waals surface area contributed by atoms with Gasteiger partial charge in [-0.2, -0.15) is 13.2 Å². The molecule has 5 heteroatoms. The van der Waals surface area contributed by atoms with E-state index in [4.69, 9.17) is 0 Å². The van der Waals surface area contributed by atoms with Gasteiger partial charge < -0.3 is 10.1 Å². The molecule has 0 amide bonds. The maximum Gasteiger partial charge on any atom is 0.411 e. The van der Waals surface area contributed by atoms with Crippen LogP contribution in [0.2, 0.25) is 0 Å². The van der Waals surface area contributed by atoms with Crippen LogP contribution in [0.15, 0.2) is 0 Å². The van der Waals surface area contributed by atoms with Crippen LogP contribution in [0.25, 0.3) is 0 Å². The van der Waals surface area contributed by atoms with Gasteiger partial charge in [-0.15, -0.1) is 0 Å². The number of likely N-dealkylation sites (N-methyl/N-ethyl adjacent to an activating group) is 1. The molecular formula is C11H22F3NO. The number of ether oxygens (including phenoxy) is 1. The zero-order valence-corrected chi connectivity index (χ0v) is 10.4. The van der Waals surface area contributed by atoms with E-state index in [2.05, 4.69) is 30.8 Å². The zero-order chi connectivity index (χ0) is 12.8. The Balaban J connectivity index is 3.76. The summed E-state index contributed by atoms with van der Waals surface area (Å²) in [4.78, 5) is 0. The van der Waals surface area contributed by atoms with E-state index in [9.17, 15) is 13.2 Å². The fraction of sp³-hybridized carbons (Fsp3) is 1.00. The molecule has 0 aromatic heterocycles. The van der Waals surface area contributed by atoms with Crippen LogP contribution in [0.3, 0.4) is 0 Å². The molecule has 0 rings (SSSR count). The molecule has 0 radical (unpaired) electrons. The highest BCUT2D eigenvalue weighted by molar-refractivity contribution is 4.70. The molecule has 0 aromatic rings. The smallest absolute Gasteiger partial charge is 0.370 e. The predicted molar refractivity (Wildman–Crippen MR) is 58.4 cm³/mol. The van der Waals surface area contributed by atoms with Crippen molar-refractivity contribution in [3.63, 3.8) is 0 Å². The first-order chi connectivity index (χ1) is 7.14. The Bertz CT molecular complexity index is 187. The van der Waals surface area contributed by atoms with E-state index in [1.807, 2.05) is 0 Å². The molecule has 1 N–H and O–H groups in total. The van der Waals surface area contributed by atoms with Gasteiger partial charge in [-0.1, -0.05) is 20.8 Å². The largest absolute Gasteiger partial charge is 0.411 e. The monoisotopic (exact) mass is 241 g/mol. The van der Waals surface area contributed by atoms with E-state index in [1.165, 1.54) is 0 Å². The van der Waals surface area contributed by atoms with E-state index in [1.54, 1.807) is 7.05 Å². The molecule has 1 unspecified atom stereocenters. The molecule has 0 aliphatic carbocycles. The molecule has 0 bridgehead atoms. The van der Waals surface area contributed by atoms with Gasteiger partial charge in [0, 0.05) is 6.04 Å². The highest BCUT2D eigenvalue weighted by Crippen LogP contribution is 2.22. The van der Waals surface area contributed by atoms with Gasteiger partial charge in [0.15, 0.2) is 0 Å². The highest BCUT2D eigenvalue weighted by atomic mass is 19.4. The summed E-state index contributed by atoms with van der Waals surface area (Å²) in [7, 11) is 1.74. The number of hydrogen-bond acceptors (Lipinski definition) is 2. The SMILES string of the molecule is CNC(CCC(C)(C)C)COCC(F)(F)F. The normalized spacial score (nSPS) is 15.2. The predicted octanol–water partition coefficient (Wildman–Crippen LogP) is 2.98. The molecule has 0 aliphatic heterocycles. The minimum absolute atomic E-state index is 0.0124. The van der Waals surface area contributed by atoms with Gasteiger partial charge in [-0.3, -0.25) is 0 Å². The van der Waals surface area contributed by atoms with Gasteiger partial charge in [0.1, 0.15) is 6.61 Å². The molecule has 0 spiro atoms. The standard InChI is InChI=1S/C11H22F3NO/c1-10(2,3)6-5-9(15-4)7-16-8-11(12,13)14/h9,15H,5-8H2,1-4H3. The third kappa shape index (κ3) is 10.2. The van der Waals surface area contributed by atoms with Crippen molar-refractivity contribution in [3.05, 3.63) is 0 Å². The Morgan fingerprint density at radius 1 is 1.19 bits per heavy atom. The molecular weight excluding hydrogens is 219 g/mol. The second-order valence-electron chi connectivity index (χ2n) is 5.22. The summed E-state index contributed by atoms with van der Waals surface area (Å²) in [5, 5.41) is 2.97. The zero-order valence-electron chi connectivity index (χ0n) is 10.4. The lowest BCUT2D eigenvalue weighted by molar-refractivity contribution is -0.175. The summed E-state index contributed by atoms with van der Waals surface area (Å²) >= 11 is 0. The van der Waals surface area contributed by atoms with Crippen LogP contribution in [0.1, 0.15) is 33.6 Å². The van der Waals surface area contributed by atoms with Gasteiger partial charge in [-0.25, -0.2) is 0 Å². The van der Waals surface area contributed by atoms with Crippen molar-refractivity contribution >= 4 is 0 Å². The van der Waals surface area contributed by atoms with Gasteiger partial charge >= 0.3 is 6.18 Å². The molecule has 0 saturated carbocycles. The van der Waals surface area contributed by atoms with Crippen LogP contribution in [-0.2, 0) is 4.74 Å². The summed E-state index contributed by atoms with van der Waals surface area (Å²) in [6, 6.07) is -0.0124. The summed E-state index contributed by atoms with van der Waals surface area (Å²) < 4.78 is 40.1. The van der Waals surface area contributed by atoms with Crippen LogP contribution in [0.5, 0.6) is 0 Å². The Morgan fingerprint density at radius 2 is 1.75 bits per heavy atom. The van der Waals surface area contributed by atoms with Gasteiger partial charge in [0.05, 0.1) is 6.61 Å². The van der Waals surface area contributed by atoms with Crippen molar-refractivity contribution in [2.24, 2.45) is 5.41 Å². The lowest BCUT2D eigenvalue weighted by Gasteiger charge is -2.23. The average molecular weight is 241 g/mol. The fourth-order valence-corrected chi connectivity index (χ4v) is 1.24. The minimum atomic E-state index is -4.23. The molecule has 1 atom stereocenters. The maximum atomic E-state index is 11.8. The van der Waals surface area contributed by atoms with Gasteiger partial charge in [-0.05, 0) is 25.3 Å². The van der Waals surface area contributed by atoms with Crippen LogP contribution in [0, 0.1) is 5.41 Å². The van der Waals surface area contributed by atoms with E-state index in [-0.39, 0.29) is 18.1 Å². The first-order valence-corrected chi connectivity index (χ1v) is 5.46. The van der Waals surface area contributed by atoms with Crippen molar-refractivity contribution in [2.75, 3.05) is 20.3 Å². The summed E-state index contributed by atoms with van der Waals surface area (Å²) in [5.74, 6) is 0. The maximum absolute atomic E-state index is 11.8. The first-order valence-electron chi connectivity index (χ1n) is 5.46. The molecule has 0 fully saturated rings. The van der Waals surface area contributed by atoms with Gasteiger partial charge in [0.2, 0.25) is 0 Å². The lowest BCUT2D eigenvalue weighted by atomic mass is 9.89. The summed E-state index contributed by atoms with van der Waals surface area (Å²) in [5.41, 5.74) is 0.194. The summed E-state index contributed by atoms with van der Waals surface area (Å²) in [6.07, 6.45) is -2.46. The number of nitrogens with one attached hydrogen (secondary N) is 1. The second kappa shape index (κ2) is 6.45. The Hall–Kier alpha value is -0.290. The number of halogens is 3. The molecule has 0 aromatic carbocycles. The Kier molecular flexibility index (Phi) is 6.33. The van der Waals surface area contributed by atoms with Crippen molar-refractivity contribution < 1.29 is 17.9 Å². The average Bonchev–Trinajstić information content (AvgIpc) is 2.07. The molecule has 2 nitrogen and oxygen atoms in total. The molecule has 0 saturated heterocycles. The topological polar surface area (TPSA) is 21.3 Å². The highest BCUT2D eigenvalue weighted by Gasteiger charge is 2.27. The van der Waals surface area contributed by atoms with Crippen molar-refractivity contribution in [1.82, 2.24) is 5.32 Å². The third-order valence-electron chi connectivity index (χ3n) is 2.24.